The Kier molecular flexibility index (Phi) is 4.59. The molecule has 0 unspecified atom stereocenters. The van der Waals surface area contributed by atoms with Crippen molar-refractivity contribution in [2.75, 3.05) is 12.3 Å². The molecule has 4 aromatic rings. The summed E-state index contributed by atoms with van der Waals surface area (Å²) in [4.78, 5) is 38.8. The minimum absolute atomic E-state index is 0.0747. The monoisotopic (exact) mass is 419 g/mol. The Morgan fingerprint density at radius 3 is 2.53 bits per heavy atom. The molecular formula is C21H17N5O3S. The summed E-state index contributed by atoms with van der Waals surface area (Å²) in [7, 11) is 0. The Balaban J connectivity index is 1.63. The van der Waals surface area contributed by atoms with Crippen LogP contribution in [0, 0.1) is 0 Å². The van der Waals surface area contributed by atoms with E-state index in [0.717, 1.165) is 0 Å². The molecule has 5 rings (SSSR count). The molecule has 2 aromatic carbocycles. The minimum Gasteiger partial charge on any atom is -0.282 e. The molecule has 0 N–H and O–H groups in total. The lowest BCUT2D eigenvalue weighted by atomic mass is 10.2. The fourth-order valence-electron chi connectivity index (χ4n) is 3.70. The number of para-hydroxylation sites is 2. The van der Waals surface area contributed by atoms with Gasteiger partial charge in [-0.25, -0.2) is 4.57 Å². The van der Waals surface area contributed by atoms with Gasteiger partial charge >= 0.3 is 0 Å². The Bertz CT molecular complexity index is 1350. The highest BCUT2D eigenvalue weighted by Crippen LogP contribution is 2.24. The molecule has 150 valence electrons. The molecule has 9 heteroatoms. The molecular weight excluding hydrogens is 402 g/mol. The van der Waals surface area contributed by atoms with Gasteiger partial charge in [0.2, 0.25) is 17.6 Å². The number of benzene rings is 2. The Morgan fingerprint density at radius 2 is 1.77 bits per heavy atom. The van der Waals surface area contributed by atoms with Gasteiger partial charge in [-0.15, -0.1) is 10.2 Å². The number of thioether (sulfide) groups is 1. The van der Waals surface area contributed by atoms with Crippen LogP contribution in [0.2, 0.25) is 0 Å². The average molecular weight is 419 g/mol. The molecule has 8 nitrogen and oxygen atoms in total. The van der Waals surface area contributed by atoms with Crippen LogP contribution in [-0.4, -0.2) is 48.2 Å². The highest BCUT2D eigenvalue weighted by Gasteiger charge is 2.27. The summed E-state index contributed by atoms with van der Waals surface area (Å²) in [5.74, 6) is 0.0813. The minimum atomic E-state index is -0.236. The number of aromatic nitrogens is 4. The van der Waals surface area contributed by atoms with E-state index in [9.17, 15) is 14.4 Å². The number of nitrogens with zero attached hydrogens (tertiary/aromatic N) is 5. The third-order valence-electron chi connectivity index (χ3n) is 5.11. The fourth-order valence-corrected chi connectivity index (χ4v) is 4.51. The number of likely N-dealkylation sites (tertiary alicyclic amines) is 1. The summed E-state index contributed by atoms with van der Waals surface area (Å²) in [5.41, 5.74) is 1.16. The largest absolute Gasteiger partial charge is 0.282 e. The predicted octanol–water partition coefficient (Wildman–Crippen LogP) is 2.27. The maximum absolute atomic E-state index is 13.2. The number of imide groups is 1. The second kappa shape index (κ2) is 7.42. The zero-order valence-electron chi connectivity index (χ0n) is 15.9. The lowest BCUT2D eigenvalue weighted by Gasteiger charge is -2.13. The first kappa shape index (κ1) is 18.6. The van der Waals surface area contributed by atoms with Gasteiger partial charge in [0.25, 0.3) is 5.56 Å². The second-order valence-electron chi connectivity index (χ2n) is 6.94. The maximum Gasteiger partial charge on any atom is 0.267 e. The smallest absolute Gasteiger partial charge is 0.267 e. The lowest BCUT2D eigenvalue weighted by Crippen LogP contribution is -2.33. The zero-order valence-corrected chi connectivity index (χ0v) is 16.7. The van der Waals surface area contributed by atoms with Crippen molar-refractivity contribution >= 4 is 40.3 Å². The van der Waals surface area contributed by atoms with Crippen molar-refractivity contribution in [3.63, 3.8) is 0 Å². The van der Waals surface area contributed by atoms with E-state index in [1.165, 1.54) is 21.2 Å². The van der Waals surface area contributed by atoms with Gasteiger partial charge in [0.15, 0.2) is 5.16 Å². The van der Waals surface area contributed by atoms with Gasteiger partial charge in [-0.2, -0.15) is 0 Å². The molecule has 0 radical (unpaired) electrons. The van der Waals surface area contributed by atoms with Crippen LogP contribution in [0.4, 0.5) is 0 Å². The van der Waals surface area contributed by atoms with Crippen LogP contribution in [-0.2, 0) is 9.59 Å². The molecule has 2 amide bonds. The van der Waals surface area contributed by atoms with Gasteiger partial charge in [-0.3, -0.25) is 23.7 Å². The van der Waals surface area contributed by atoms with Crippen LogP contribution in [0.1, 0.15) is 12.8 Å². The standard InChI is InChI=1S/C21H17N5O3S/c27-17-11-6-12-24(17)18(28)13-30-21-23-22-20-25(14-7-2-1-3-8-14)19(29)15-9-4-5-10-16(15)26(20)21/h1-5,7-10H,6,11-13H2. The van der Waals surface area contributed by atoms with Crippen LogP contribution in [0.5, 0.6) is 0 Å². The molecule has 0 saturated carbocycles. The number of carbonyl (C=O) groups is 2. The predicted molar refractivity (Wildman–Crippen MR) is 113 cm³/mol. The second-order valence-corrected chi connectivity index (χ2v) is 7.89. The quantitative estimate of drug-likeness (QED) is 0.472. The molecule has 0 aliphatic carbocycles. The Hall–Kier alpha value is -3.46. The topological polar surface area (TPSA) is 89.6 Å². The molecule has 0 atom stereocenters. The van der Waals surface area contributed by atoms with E-state index in [4.69, 9.17) is 0 Å². The van der Waals surface area contributed by atoms with Crippen molar-refractivity contribution in [2.45, 2.75) is 18.0 Å². The first-order chi connectivity index (χ1) is 14.6. The van der Waals surface area contributed by atoms with Crippen LogP contribution in [0.15, 0.2) is 64.5 Å². The SMILES string of the molecule is O=C1CCCN1C(=O)CSc1nnc2n(-c3ccccc3)c(=O)c3ccccc3n12. The summed E-state index contributed by atoms with van der Waals surface area (Å²) in [6.45, 7) is 0.468. The van der Waals surface area contributed by atoms with Crippen LogP contribution >= 0.6 is 11.8 Å². The van der Waals surface area contributed by atoms with Crippen LogP contribution in [0.3, 0.4) is 0 Å². The number of hydrogen-bond donors (Lipinski definition) is 0. The summed E-state index contributed by atoms with van der Waals surface area (Å²) in [5, 5.41) is 9.53. The number of carbonyl (C=O) groups excluding carboxylic acids is 2. The lowest BCUT2D eigenvalue weighted by molar-refractivity contribution is -0.140. The normalized spacial score (nSPS) is 14.1. The Morgan fingerprint density at radius 1 is 1.00 bits per heavy atom. The summed E-state index contributed by atoms with van der Waals surface area (Å²) in [6, 6.07) is 16.5. The fraction of sp³-hybridized carbons (Fsp3) is 0.190. The van der Waals surface area contributed by atoms with Crippen molar-refractivity contribution in [1.29, 1.82) is 0 Å². The molecule has 1 aliphatic heterocycles. The van der Waals surface area contributed by atoms with Crippen molar-refractivity contribution in [3.8, 4) is 5.69 Å². The number of fused-ring (bicyclic) bond motifs is 3. The highest BCUT2D eigenvalue weighted by molar-refractivity contribution is 7.99. The van der Waals surface area contributed by atoms with Crippen molar-refractivity contribution < 1.29 is 9.59 Å². The highest BCUT2D eigenvalue weighted by atomic mass is 32.2. The van der Waals surface area contributed by atoms with Gasteiger partial charge in [0.05, 0.1) is 22.3 Å². The van der Waals surface area contributed by atoms with E-state index in [1.54, 1.807) is 10.5 Å². The summed E-state index contributed by atoms with van der Waals surface area (Å²) < 4.78 is 3.30. The van der Waals surface area contributed by atoms with Crippen molar-refractivity contribution in [3.05, 3.63) is 65.0 Å². The van der Waals surface area contributed by atoms with Gasteiger partial charge < -0.3 is 0 Å². The number of hydrogen-bond acceptors (Lipinski definition) is 6. The van der Waals surface area contributed by atoms with Gasteiger partial charge in [0, 0.05) is 13.0 Å². The van der Waals surface area contributed by atoms with E-state index in [1.807, 2.05) is 48.5 Å². The van der Waals surface area contributed by atoms with Crippen LogP contribution < -0.4 is 5.56 Å². The van der Waals surface area contributed by atoms with E-state index in [0.29, 0.717) is 46.9 Å². The van der Waals surface area contributed by atoms with Gasteiger partial charge in [-0.1, -0.05) is 42.1 Å². The van der Waals surface area contributed by atoms with Gasteiger partial charge in [0.1, 0.15) is 0 Å². The molecule has 30 heavy (non-hydrogen) atoms. The van der Waals surface area contributed by atoms with E-state index in [-0.39, 0.29) is 23.1 Å². The summed E-state index contributed by atoms with van der Waals surface area (Å²) in [6.07, 6.45) is 1.12. The molecule has 0 spiro atoms. The van der Waals surface area contributed by atoms with E-state index in [2.05, 4.69) is 10.2 Å². The van der Waals surface area contributed by atoms with Crippen molar-refractivity contribution in [1.82, 2.24) is 24.1 Å². The van der Waals surface area contributed by atoms with E-state index >= 15 is 0 Å². The summed E-state index contributed by atoms with van der Waals surface area (Å²) >= 11 is 1.21. The third kappa shape index (κ3) is 2.98. The molecule has 3 heterocycles. The first-order valence-corrected chi connectivity index (χ1v) is 10.5. The maximum atomic E-state index is 13.2. The van der Waals surface area contributed by atoms with Crippen LogP contribution in [0.25, 0.3) is 22.4 Å². The molecule has 1 saturated heterocycles. The zero-order chi connectivity index (χ0) is 20.7. The van der Waals surface area contributed by atoms with E-state index < -0.39 is 0 Å². The molecule has 2 aromatic heterocycles. The first-order valence-electron chi connectivity index (χ1n) is 9.55. The van der Waals surface area contributed by atoms with Gasteiger partial charge in [-0.05, 0) is 30.7 Å². The average Bonchev–Trinajstić information content (AvgIpc) is 3.39. The number of amides is 2. The third-order valence-corrected chi connectivity index (χ3v) is 6.02. The molecule has 1 fully saturated rings. The Labute approximate surface area is 175 Å². The number of rotatable bonds is 4. The molecule has 0 bridgehead atoms. The van der Waals surface area contributed by atoms with Crippen molar-refractivity contribution in [2.24, 2.45) is 0 Å². The molecule has 1 aliphatic rings.